The number of benzene rings is 2. The molecule has 3 rings (SSSR count). The second kappa shape index (κ2) is 6.51. The van der Waals surface area contributed by atoms with E-state index in [9.17, 15) is 25.6 Å². The van der Waals surface area contributed by atoms with Gasteiger partial charge in [-0.2, -0.15) is 0 Å². The zero-order valence-electron chi connectivity index (χ0n) is 13.7. The van der Waals surface area contributed by atoms with Crippen molar-refractivity contribution in [2.75, 3.05) is 21.8 Å². The summed E-state index contributed by atoms with van der Waals surface area (Å²) in [5, 5.41) is 0. The summed E-state index contributed by atoms with van der Waals surface area (Å²) in [6.07, 6.45) is 1.89. The Balaban J connectivity index is 2.11. The highest BCUT2D eigenvalue weighted by Gasteiger charge is 2.32. The molecule has 10 heteroatoms. The van der Waals surface area contributed by atoms with Crippen molar-refractivity contribution in [2.24, 2.45) is 0 Å². The van der Waals surface area contributed by atoms with Crippen LogP contribution in [0.15, 0.2) is 41.3 Å². The molecule has 0 aromatic heterocycles. The molecule has 0 amide bonds. The quantitative estimate of drug-likeness (QED) is 0.852. The highest BCUT2D eigenvalue weighted by atomic mass is 32.2. The molecule has 6 nitrogen and oxygen atoms in total. The third kappa shape index (κ3) is 3.51. The van der Waals surface area contributed by atoms with Gasteiger partial charge in [0, 0.05) is 18.2 Å². The van der Waals surface area contributed by atoms with Crippen LogP contribution >= 0.6 is 0 Å². The standard InChI is InChI=1S/C16H16F2N2O4S2/c1-25(21,22)19-14-5-2-6-15-12(14)4-3-9-20(15)26(23,24)16-8-7-11(17)10-13(16)18/h2,5-8,10,19H,3-4,9H2,1H3. The lowest BCUT2D eigenvalue weighted by Crippen LogP contribution is -2.36. The maximum Gasteiger partial charge on any atom is 0.267 e. The van der Waals surface area contributed by atoms with Gasteiger partial charge in [0.1, 0.15) is 16.5 Å². The van der Waals surface area contributed by atoms with Gasteiger partial charge in [0.15, 0.2) is 0 Å². The summed E-state index contributed by atoms with van der Waals surface area (Å²) in [6, 6.07) is 6.85. The highest BCUT2D eigenvalue weighted by molar-refractivity contribution is 7.93. The van der Waals surface area contributed by atoms with Crippen molar-refractivity contribution in [3.05, 3.63) is 53.6 Å². The van der Waals surface area contributed by atoms with E-state index in [4.69, 9.17) is 0 Å². The second-order valence-electron chi connectivity index (χ2n) is 5.93. The second-order valence-corrected chi connectivity index (χ2v) is 9.51. The number of nitrogens with one attached hydrogen (secondary N) is 1. The van der Waals surface area contributed by atoms with E-state index in [-0.39, 0.29) is 17.9 Å². The van der Waals surface area contributed by atoms with Crippen LogP contribution in [0, 0.1) is 11.6 Å². The average Bonchev–Trinajstić information content (AvgIpc) is 2.52. The van der Waals surface area contributed by atoms with Gasteiger partial charge >= 0.3 is 0 Å². The van der Waals surface area contributed by atoms with Gasteiger partial charge in [-0.25, -0.2) is 25.6 Å². The number of fused-ring (bicyclic) bond motifs is 1. The first kappa shape index (κ1) is 18.6. The largest absolute Gasteiger partial charge is 0.283 e. The van der Waals surface area contributed by atoms with Gasteiger partial charge in [0.25, 0.3) is 10.0 Å². The van der Waals surface area contributed by atoms with Gasteiger partial charge in [0.05, 0.1) is 17.6 Å². The van der Waals surface area contributed by atoms with Crippen LogP contribution in [0.3, 0.4) is 0 Å². The minimum atomic E-state index is -4.27. The van der Waals surface area contributed by atoms with Crippen LogP contribution in [0.4, 0.5) is 20.2 Å². The smallest absolute Gasteiger partial charge is 0.267 e. The fraction of sp³-hybridized carbons (Fsp3) is 0.250. The lowest BCUT2D eigenvalue weighted by Gasteiger charge is -2.31. The minimum absolute atomic E-state index is 0.106. The predicted molar refractivity (Wildman–Crippen MR) is 94.1 cm³/mol. The summed E-state index contributed by atoms with van der Waals surface area (Å²) in [7, 11) is -7.82. The monoisotopic (exact) mass is 402 g/mol. The Hall–Kier alpha value is -2.20. The Morgan fingerprint density at radius 3 is 2.46 bits per heavy atom. The maximum absolute atomic E-state index is 14.0. The Morgan fingerprint density at radius 1 is 1.08 bits per heavy atom. The lowest BCUT2D eigenvalue weighted by molar-refractivity contribution is 0.546. The van der Waals surface area contributed by atoms with Crippen molar-refractivity contribution in [2.45, 2.75) is 17.7 Å². The number of sulfonamides is 2. The molecular formula is C16H16F2N2O4S2. The molecule has 0 bridgehead atoms. The fourth-order valence-corrected chi connectivity index (χ4v) is 5.11. The normalized spacial score (nSPS) is 14.8. The number of anilines is 2. The van der Waals surface area contributed by atoms with Crippen molar-refractivity contribution < 1.29 is 25.6 Å². The molecule has 140 valence electrons. The molecule has 1 N–H and O–H groups in total. The van der Waals surface area contributed by atoms with Crippen molar-refractivity contribution in [3.63, 3.8) is 0 Å². The van der Waals surface area contributed by atoms with Crippen LogP contribution < -0.4 is 9.03 Å². The minimum Gasteiger partial charge on any atom is -0.283 e. The SMILES string of the molecule is CS(=O)(=O)Nc1cccc2c1CCCN2S(=O)(=O)c1ccc(F)cc1F. The van der Waals surface area contributed by atoms with E-state index < -0.39 is 36.6 Å². The highest BCUT2D eigenvalue weighted by Crippen LogP contribution is 2.36. The summed E-state index contributed by atoms with van der Waals surface area (Å²) in [5.74, 6) is -2.05. The van der Waals surface area contributed by atoms with Crippen LogP contribution in [-0.2, 0) is 26.5 Å². The molecule has 1 heterocycles. The van der Waals surface area contributed by atoms with Gasteiger partial charge in [-0.3, -0.25) is 9.03 Å². The molecular weight excluding hydrogens is 386 g/mol. The summed E-state index contributed by atoms with van der Waals surface area (Å²) in [4.78, 5) is -0.631. The van der Waals surface area contributed by atoms with Crippen molar-refractivity contribution in [1.82, 2.24) is 0 Å². The van der Waals surface area contributed by atoms with E-state index in [2.05, 4.69) is 4.72 Å². The predicted octanol–water partition coefficient (Wildman–Crippen LogP) is 2.48. The first-order chi connectivity index (χ1) is 12.1. The Labute approximate surface area is 150 Å². The molecule has 1 aliphatic heterocycles. The zero-order chi connectivity index (χ0) is 19.1. The van der Waals surface area contributed by atoms with E-state index in [1.807, 2.05) is 0 Å². The first-order valence-electron chi connectivity index (χ1n) is 7.67. The average molecular weight is 402 g/mol. The topological polar surface area (TPSA) is 83.6 Å². The van der Waals surface area contributed by atoms with E-state index in [1.165, 1.54) is 18.2 Å². The molecule has 0 unspecified atom stereocenters. The Morgan fingerprint density at radius 2 is 1.81 bits per heavy atom. The molecule has 0 aliphatic carbocycles. The zero-order valence-corrected chi connectivity index (χ0v) is 15.4. The number of nitrogens with zero attached hydrogens (tertiary/aromatic N) is 1. The first-order valence-corrected chi connectivity index (χ1v) is 11.0. The van der Waals surface area contributed by atoms with Crippen molar-refractivity contribution >= 4 is 31.4 Å². The molecule has 26 heavy (non-hydrogen) atoms. The third-order valence-electron chi connectivity index (χ3n) is 3.97. The van der Waals surface area contributed by atoms with Crippen LogP contribution in [0.25, 0.3) is 0 Å². The molecule has 0 atom stereocenters. The van der Waals surface area contributed by atoms with E-state index in [0.29, 0.717) is 24.5 Å². The van der Waals surface area contributed by atoms with Gasteiger partial charge in [-0.05, 0) is 37.1 Å². The summed E-state index contributed by atoms with van der Waals surface area (Å²) in [5.41, 5.74) is 1.06. The van der Waals surface area contributed by atoms with Crippen LogP contribution in [0.5, 0.6) is 0 Å². The molecule has 0 saturated carbocycles. The number of hydrogen-bond donors (Lipinski definition) is 1. The molecule has 0 radical (unpaired) electrons. The van der Waals surface area contributed by atoms with Gasteiger partial charge in [-0.1, -0.05) is 6.07 Å². The van der Waals surface area contributed by atoms with Crippen LogP contribution in [-0.4, -0.2) is 29.6 Å². The Kier molecular flexibility index (Phi) is 4.65. The summed E-state index contributed by atoms with van der Waals surface area (Å²) in [6.45, 7) is 0.106. The Bertz CT molecular complexity index is 1070. The van der Waals surface area contributed by atoms with Gasteiger partial charge < -0.3 is 0 Å². The van der Waals surface area contributed by atoms with Crippen molar-refractivity contribution in [1.29, 1.82) is 0 Å². The molecule has 0 spiro atoms. The van der Waals surface area contributed by atoms with Crippen molar-refractivity contribution in [3.8, 4) is 0 Å². The lowest BCUT2D eigenvalue weighted by atomic mass is 10.0. The maximum atomic E-state index is 14.0. The third-order valence-corrected chi connectivity index (χ3v) is 6.40. The van der Waals surface area contributed by atoms with Gasteiger partial charge in [0.2, 0.25) is 10.0 Å². The molecule has 2 aromatic carbocycles. The van der Waals surface area contributed by atoms with Crippen LogP contribution in [0.1, 0.15) is 12.0 Å². The molecule has 2 aromatic rings. The fourth-order valence-electron chi connectivity index (χ4n) is 2.94. The number of rotatable bonds is 4. The van der Waals surface area contributed by atoms with E-state index in [0.717, 1.165) is 22.7 Å². The molecule has 1 aliphatic rings. The van der Waals surface area contributed by atoms with E-state index in [1.54, 1.807) is 0 Å². The molecule has 0 fully saturated rings. The molecule has 0 saturated heterocycles. The summed E-state index contributed by atoms with van der Waals surface area (Å²) < 4.78 is 79.4. The number of hydrogen-bond acceptors (Lipinski definition) is 4. The number of halogens is 2. The van der Waals surface area contributed by atoms with Crippen LogP contribution in [0.2, 0.25) is 0 Å². The van der Waals surface area contributed by atoms with Gasteiger partial charge in [-0.15, -0.1) is 0 Å². The summed E-state index contributed by atoms with van der Waals surface area (Å²) >= 11 is 0. The van der Waals surface area contributed by atoms with E-state index >= 15 is 0 Å².